The van der Waals surface area contributed by atoms with Crippen molar-refractivity contribution in [2.45, 2.75) is 26.5 Å². The summed E-state index contributed by atoms with van der Waals surface area (Å²) >= 11 is 0. The zero-order valence-corrected chi connectivity index (χ0v) is 12.5. The number of ether oxygens (including phenoxy) is 2. The Bertz CT molecular complexity index is 386. The van der Waals surface area contributed by atoms with Crippen LogP contribution in [0.15, 0.2) is 12.1 Å². The second kappa shape index (κ2) is 8.92. The summed E-state index contributed by atoms with van der Waals surface area (Å²) in [4.78, 5) is 0. The molecule has 1 aromatic rings. The van der Waals surface area contributed by atoms with Gasteiger partial charge in [-0.05, 0) is 30.5 Å². The monoisotopic (exact) mass is 283 g/mol. The third-order valence-electron chi connectivity index (χ3n) is 2.96. The van der Waals surface area contributed by atoms with Gasteiger partial charge in [-0.1, -0.05) is 12.1 Å². The van der Waals surface area contributed by atoms with Gasteiger partial charge in [0.2, 0.25) is 0 Å². The summed E-state index contributed by atoms with van der Waals surface area (Å²) in [5.41, 5.74) is 3.24. The Hall–Kier alpha value is -1.14. The van der Waals surface area contributed by atoms with Crippen LogP contribution in [0.3, 0.4) is 0 Å². The van der Waals surface area contributed by atoms with E-state index in [0.29, 0.717) is 6.61 Å². The number of aliphatic hydroxyl groups is 2. The highest BCUT2D eigenvalue weighted by molar-refractivity contribution is 5.43. The lowest BCUT2D eigenvalue weighted by Crippen LogP contribution is -2.22. The van der Waals surface area contributed by atoms with E-state index in [4.69, 9.17) is 14.6 Å². The first-order valence-corrected chi connectivity index (χ1v) is 6.80. The molecule has 1 aromatic carbocycles. The molecule has 0 aliphatic carbocycles. The van der Waals surface area contributed by atoms with Gasteiger partial charge < -0.3 is 25.0 Å². The molecule has 5 nitrogen and oxygen atoms in total. The molecule has 3 N–H and O–H groups in total. The zero-order chi connectivity index (χ0) is 15.0. The Morgan fingerprint density at radius 1 is 1.25 bits per heavy atom. The van der Waals surface area contributed by atoms with Crippen molar-refractivity contribution in [1.29, 1.82) is 0 Å². The van der Waals surface area contributed by atoms with E-state index >= 15 is 0 Å². The van der Waals surface area contributed by atoms with Crippen molar-refractivity contribution in [2.75, 3.05) is 33.5 Å². The van der Waals surface area contributed by atoms with Crippen molar-refractivity contribution in [1.82, 2.24) is 5.32 Å². The predicted molar refractivity (Wildman–Crippen MR) is 78.1 cm³/mol. The number of methoxy groups -OCH3 is 1. The average Bonchev–Trinajstić information content (AvgIpc) is 2.42. The molecule has 0 aliphatic rings. The standard InChI is InChI=1S/C15H25NO4/c1-11-6-13(8-16-4-5-19-3)7-12(2)15(11)20-10-14(18)9-17/h6-7,14,16-18H,4-5,8-10H2,1-3H3. The summed E-state index contributed by atoms with van der Waals surface area (Å²) in [7, 11) is 1.68. The molecule has 0 spiro atoms. The highest BCUT2D eigenvalue weighted by atomic mass is 16.5. The van der Waals surface area contributed by atoms with Crippen molar-refractivity contribution < 1.29 is 19.7 Å². The van der Waals surface area contributed by atoms with Crippen molar-refractivity contribution >= 4 is 0 Å². The number of aliphatic hydroxyl groups excluding tert-OH is 2. The average molecular weight is 283 g/mol. The van der Waals surface area contributed by atoms with E-state index < -0.39 is 6.10 Å². The van der Waals surface area contributed by atoms with Gasteiger partial charge in [-0.15, -0.1) is 0 Å². The summed E-state index contributed by atoms with van der Waals surface area (Å²) in [6, 6.07) is 4.13. The highest BCUT2D eigenvalue weighted by Gasteiger charge is 2.09. The molecule has 0 aromatic heterocycles. The predicted octanol–water partition coefficient (Wildman–Crippen LogP) is 0.771. The summed E-state index contributed by atoms with van der Waals surface area (Å²) in [5.74, 6) is 0.776. The normalized spacial score (nSPS) is 12.4. The molecule has 114 valence electrons. The Morgan fingerprint density at radius 2 is 1.90 bits per heavy atom. The number of nitrogens with one attached hydrogen (secondary N) is 1. The third kappa shape index (κ3) is 5.46. The molecule has 0 amide bonds. The van der Waals surface area contributed by atoms with Crippen molar-refractivity contribution in [3.8, 4) is 5.75 Å². The maximum Gasteiger partial charge on any atom is 0.125 e. The summed E-state index contributed by atoms with van der Waals surface area (Å²) in [5, 5.41) is 21.4. The van der Waals surface area contributed by atoms with Crippen molar-refractivity contribution in [3.63, 3.8) is 0 Å². The van der Waals surface area contributed by atoms with Gasteiger partial charge in [0.05, 0.1) is 13.2 Å². The minimum absolute atomic E-state index is 0.101. The second-order valence-corrected chi connectivity index (χ2v) is 4.88. The summed E-state index contributed by atoms with van der Waals surface area (Å²) in [6.07, 6.45) is -0.843. The lowest BCUT2D eigenvalue weighted by atomic mass is 10.1. The van der Waals surface area contributed by atoms with Crippen LogP contribution >= 0.6 is 0 Å². The van der Waals surface area contributed by atoms with Crippen molar-refractivity contribution in [2.24, 2.45) is 0 Å². The number of aryl methyl sites for hydroxylation is 2. The number of benzene rings is 1. The Kier molecular flexibility index (Phi) is 7.54. The molecule has 0 radical (unpaired) electrons. The Balaban J connectivity index is 2.61. The van der Waals surface area contributed by atoms with Gasteiger partial charge >= 0.3 is 0 Å². The van der Waals surface area contributed by atoms with Crippen molar-refractivity contribution in [3.05, 3.63) is 28.8 Å². The molecule has 0 saturated heterocycles. The van der Waals surface area contributed by atoms with Crippen LogP contribution in [0.4, 0.5) is 0 Å². The van der Waals surface area contributed by atoms with Gasteiger partial charge in [0, 0.05) is 20.2 Å². The molecule has 0 heterocycles. The molecule has 1 rings (SSSR count). The largest absolute Gasteiger partial charge is 0.490 e. The molecule has 0 aliphatic heterocycles. The molecule has 1 atom stereocenters. The highest BCUT2D eigenvalue weighted by Crippen LogP contribution is 2.25. The van der Waals surface area contributed by atoms with Gasteiger partial charge in [0.1, 0.15) is 18.5 Å². The van der Waals surface area contributed by atoms with E-state index in [9.17, 15) is 5.11 Å². The van der Waals surface area contributed by atoms with E-state index in [2.05, 4.69) is 17.4 Å². The van der Waals surface area contributed by atoms with Gasteiger partial charge in [-0.2, -0.15) is 0 Å². The number of rotatable bonds is 9. The maximum atomic E-state index is 9.33. The molecular weight excluding hydrogens is 258 g/mol. The maximum absolute atomic E-state index is 9.33. The van der Waals surface area contributed by atoms with E-state index in [1.807, 2.05) is 13.8 Å². The zero-order valence-electron chi connectivity index (χ0n) is 12.5. The summed E-state index contributed by atoms with van der Waals surface area (Å²) < 4.78 is 10.6. The fourth-order valence-corrected chi connectivity index (χ4v) is 2.01. The van der Waals surface area contributed by atoms with Crippen LogP contribution in [0.5, 0.6) is 5.75 Å². The first-order valence-electron chi connectivity index (χ1n) is 6.80. The van der Waals surface area contributed by atoms with Crippen LogP contribution in [0.25, 0.3) is 0 Å². The van der Waals surface area contributed by atoms with Crippen LogP contribution in [0.1, 0.15) is 16.7 Å². The van der Waals surface area contributed by atoms with Gasteiger partial charge in [0.25, 0.3) is 0 Å². The molecule has 0 bridgehead atoms. The molecular formula is C15H25NO4. The van der Waals surface area contributed by atoms with Gasteiger partial charge in [0.15, 0.2) is 0 Å². The van der Waals surface area contributed by atoms with Gasteiger partial charge in [-0.25, -0.2) is 0 Å². The molecule has 0 fully saturated rings. The van der Waals surface area contributed by atoms with Crippen LogP contribution < -0.4 is 10.1 Å². The van der Waals surface area contributed by atoms with E-state index in [0.717, 1.165) is 30.0 Å². The SMILES string of the molecule is COCCNCc1cc(C)c(OCC(O)CO)c(C)c1. The van der Waals surface area contributed by atoms with Crippen LogP contribution in [-0.4, -0.2) is 49.8 Å². The van der Waals surface area contributed by atoms with Gasteiger partial charge in [-0.3, -0.25) is 0 Å². The fourth-order valence-electron chi connectivity index (χ4n) is 2.01. The Morgan fingerprint density at radius 3 is 2.45 bits per heavy atom. The Labute approximate surface area is 120 Å². The molecule has 0 saturated carbocycles. The van der Waals surface area contributed by atoms with Crippen LogP contribution in [-0.2, 0) is 11.3 Å². The van der Waals surface area contributed by atoms with E-state index in [1.165, 1.54) is 5.56 Å². The fraction of sp³-hybridized carbons (Fsp3) is 0.600. The van der Waals surface area contributed by atoms with E-state index in [1.54, 1.807) is 7.11 Å². The molecule has 5 heteroatoms. The smallest absolute Gasteiger partial charge is 0.125 e. The molecule has 1 unspecified atom stereocenters. The first-order chi connectivity index (χ1) is 9.58. The number of hydrogen-bond donors (Lipinski definition) is 3. The minimum atomic E-state index is -0.843. The topological polar surface area (TPSA) is 71.0 Å². The van der Waals surface area contributed by atoms with Crippen LogP contribution in [0.2, 0.25) is 0 Å². The quantitative estimate of drug-likeness (QED) is 0.584. The molecule has 20 heavy (non-hydrogen) atoms. The lowest BCUT2D eigenvalue weighted by molar-refractivity contribution is 0.0531. The van der Waals surface area contributed by atoms with Crippen LogP contribution in [0, 0.1) is 13.8 Å². The minimum Gasteiger partial charge on any atom is -0.490 e. The van der Waals surface area contributed by atoms with E-state index in [-0.39, 0.29) is 13.2 Å². The third-order valence-corrected chi connectivity index (χ3v) is 2.96. The second-order valence-electron chi connectivity index (χ2n) is 4.88. The summed E-state index contributed by atoms with van der Waals surface area (Å²) in [6.45, 7) is 6.06. The number of hydrogen-bond acceptors (Lipinski definition) is 5. The lowest BCUT2D eigenvalue weighted by Gasteiger charge is -2.16. The first kappa shape index (κ1) is 16.9.